The van der Waals surface area contributed by atoms with Crippen LogP contribution in [-0.2, 0) is 0 Å². The molecule has 1 aromatic rings. The molecule has 0 bridgehead atoms. The average Bonchev–Trinajstić information content (AvgIpc) is 2.27. The van der Waals surface area contributed by atoms with Crippen LogP contribution in [0.2, 0.25) is 0 Å². The number of carboxylic acids is 1. The topological polar surface area (TPSA) is 95.3 Å². The zero-order chi connectivity index (χ0) is 13.0. The number of aromatic nitrogens is 2. The van der Waals surface area contributed by atoms with Crippen LogP contribution < -0.4 is 5.32 Å². The Balaban J connectivity index is 2.81. The van der Waals surface area contributed by atoms with Crippen LogP contribution in [-0.4, -0.2) is 38.8 Å². The van der Waals surface area contributed by atoms with Gasteiger partial charge in [-0.3, -0.25) is 0 Å². The first kappa shape index (κ1) is 13.4. The van der Waals surface area contributed by atoms with E-state index in [4.69, 9.17) is 10.2 Å². The number of aliphatic hydroxyl groups excluding tert-OH is 1. The van der Waals surface area contributed by atoms with Crippen molar-refractivity contribution in [3.63, 3.8) is 0 Å². The molecule has 0 amide bonds. The van der Waals surface area contributed by atoms with Gasteiger partial charge in [-0.1, -0.05) is 6.92 Å². The van der Waals surface area contributed by atoms with Gasteiger partial charge in [0.25, 0.3) is 0 Å². The highest BCUT2D eigenvalue weighted by molar-refractivity contribution is 5.88. The number of aliphatic hydroxyl groups is 1. The number of aromatic carboxylic acids is 1. The smallest absolute Gasteiger partial charge is 0.339 e. The van der Waals surface area contributed by atoms with Gasteiger partial charge in [0.15, 0.2) is 0 Å². The highest BCUT2D eigenvalue weighted by Crippen LogP contribution is 2.10. The molecule has 0 aliphatic heterocycles. The largest absolute Gasteiger partial charge is 0.478 e. The van der Waals surface area contributed by atoms with Crippen molar-refractivity contribution in [2.24, 2.45) is 5.92 Å². The second kappa shape index (κ2) is 5.58. The molecule has 1 aromatic heterocycles. The highest BCUT2D eigenvalue weighted by atomic mass is 16.4. The molecule has 6 nitrogen and oxygen atoms in total. The number of nitrogens with zero attached hydrogens (tertiary/aromatic N) is 2. The Morgan fingerprint density at radius 2 is 2.18 bits per heavy atom. The maximum absolute atomic E-state index is 10.8. The molecule has 0 saturated carbocycles. The molecule has 94 valence electrons. The Morgan fingerprint density at radius 3 is 2.65 bits per heavy atom. The first-order chi connectivity index (χ1) is 7.95. The summed E-state index contributed by atoms with van der Waals surface area (Å²) in [6, 6.07) is 0.00933. The summed E-state index contributed by atoms with van der Waals surface area (Å²) in [7, 11) is 0. The summed E-state index contributed by atoms with van der Waals surface area (Å²) in [5.41, 5.74) is 0.511. The SMILES string of the molecule is Cc1nc(NC(C)C(C)CO)ncc1C(=O)O. The molecule has 0 saturated heterocycles. The first-order valence-electron chi connectivity index (χ1n) is 5.40. The number of hydrogen-bond acceptors (Lipinski definition) is 5. The van der Waals surface area contributed by atoms with E-state index in [-0.39, 0.29) is 24.1 Å². The van der Waals surface area contributed by atoms with Crippen molar-refractivity contribution in [2.45, 2.75) is 26.8 Å². The van der Waals surface area contributed by atoms with Crippen molar-refractivity contribution in [3.05, 3.63) is 17.5 Å². The van der Waals surface area contributed by atoms with E-state index < -0.39 is 5.97 Å². The van der Waals surface area contributed by atoms with Crippen LogP contribution in [0.5, 0.6) is 0 Å². The summed E-state index contributed by atoms with van der Waals surface area (Å²) in [6.45, 7) is 5.50. The minimum absolute atomic E-state index is 0.00933. The van der Waals surface area contributed by atoms with Gasteiger partial charge in [0, 0.05) is 18.8 Å². The van der Waals surface area contributed by atoms with E-state index in [2.05, 4.69) is 15.3 Å². The van der Waals surface area contributed by atoms with Gasteiger partial charge in [-0.15, -0.1) is 0 Å². The fourth-order valence-electron chi connectivity index (χ4n) is 1.25. The average molecular weight is 239 g/mol. The molecule has 0 fully saturated rings. The van der Waals surface area contributed by atoms with Gasteiger partial charge in [-0.05, 0) is 19.8 Å². The third-order valence-electron chi connectivity index (χ3n) is 2.71. The highest BCUT2D eigenvalue weighted by Gasteiger charge is 2.14. The maximum Gasteiger partial charge on any atom is 0.339 e. The molecule has 17 heavy (non-hydrogen) atoms. The summed E-state index contributed by atoms with van der Waals surface area (Å²) in [5, 5.41) is 20.9. The van der Waals surface area contributed by atoms with E-state index in [1.807, 2.05) is 13.8 Å². The van der Waals surface area contributed by atoms with Crippen LogP contribution in [0, 0.1) is 12.8 Å². The number of aryl methyl sites for hydroxylation is 1. The van der Waals surface area contributed by atoms with Gasteiger partial charge >= 0.3 is 5.97 Å². The van der Waals surface area contributed by atoms with Crippen LogP contribution in [0.15, 0.2) is 6.20 Å². The summed E-state index contributed by atoms with van der Waals surface area (Å²) in [4.78, 5) is 18.8. The van der Waals surface area contributed by atoms with Crippen molar-refractivity contribution in [2.75, 3.05) is 11.9 Å². The van der Waals surface area contributed by atoms with E-state index in [1.165, 1.54) is 6.20 Å². The molecule has 1 heterocycles. The van der Waals surface area contributed by atoms with Crippen molar-refractivity contribution < 1.29 is 15.0 Å². The molecule has 0 aromatic carbocycles. The quantitative estimate of drug-likeness (QED) is 0.707. The van der Waals surface area contributed by atoms with Crippen LogP contribution in [0.3, 0.4) is 0 Å². The number of carbonyl (C=O) groups is 1. The Kier molecular flexibility index (Phi) is 4.39. The van der Waals surface area contributed by atoms with Gasteiger partial charge in [0.05, 0.1) is 11.3 Å². The third kappa shape index (κ3) is 3.39. The molecule has 6 heteroatoms. The lowest BCUT2D eigenvalue weighted by Gasteiger charge is -2.19. The molecule has 0 aliphatic rings. The van der Waals surface area contributed by atoms with Crippen molar-refractivity contribution >= 4 is 11.9 Å². The zero-order valence-corrected chi connectivity index (χ0v) is 10.1. The molecule has 1 rings (SSSR count). The van der Waals surface area contributed by atoms with Gasteiger partial charge < -0.3 is 15.5 Å². The molecular weight excluding hydrogens is 222 g/mol. The number of anilines is 1. The minimum atomic E-state index is -1.04. The third-order valence-corrected chi connectivity index (χ3v) is 2.71. The molecule has 2 atom stereocenters. The van der Waals surface area contributed by atoms with E-state index in [0.29, 0.717) is 11.6 Å². The standard InChI is InChI=1S/C11H17N3O3/c1-6(5-15)7(2)13-11-12-4-9(10(16)17)8(3)14-11/h4,6-7,15H,5H2,1-3H3,(H,16,17)(H,12,13,14). The summed E-state index contributed by atoms with van der Waals surface area (Å²) >= 11 is 0. The number of hydrogen-bond donors (Lipinski definition) is 3. The number of rotatable bonds is 5. The van der Waals surface area contributed by atoms with Crippen LogP contribution >= 0.6 is 0 Å². The Hall–Kier alpha value is -1.69. The Morgan fingerprint density at radius 1 is 1.53 bits per heavy atom. The second-order valence-electron chi connectivity index (χ2n) is 4.09. The zero-order valence-electron chi connectivity index (χ0n) is 10.1. The van der Waals surface area contributed by atoms with E-state index in [1.54, 1.807) is 6.92 Å². The van der Waals surface area contributed by atoms with Crippen molar-refractivity contribution in [3.8, 4) is 0 Å². The minimum Gasteiger partial charge on any atom is -0.478 e. The van der Waals surface area contributed by atoms with Crippen LogP contribution in [0.4, 0.5) is 5.95 Å². The van der Waals surface area contributed by atoms with Crippen LogP contribution in [0.1, 0.15) is 29.9 Å². The molecule has 3 N–H and O–H groups in total. The lowest BCUT2D eigenvalue weighted by Crippen LogP contribution is -2.27. The van der Waals surface area contributed by atoms with E-state index >= 15 is 0 Å². The molecule has 0 radical (unpaired) electrons. The van der Waals surface area contributed by atoms with Gasteiger partial charge in [-0.25, -0.2) is 14.8 Å². The van der Waals surface area contributed by atoms with Crippen molar-refractivity contribution in [1.29, 1.82) is 0 Å². The van der Waals surface area contributed by atoms with Crippen molar-refractivity contribution in [1.82, 2.24) is 9.97 Å². The predicted molar refractivity (Wildman–Crippen MR) is 63.1 cm³/mol. The maximum atomic E-state index is 10.8. The number of nitrogens with one attached hydrogen (secondary N) is 1. The second-order valence-corrected chi connectivity index (χ2v) is 4.09. The van der Waals surface area contributed by atoms with E-state index in [9.17, 15) is 4.79 Å². The molecular formula is C11H17N3O3. The Bertz CT molecular complexity index is 409. The lowest BCUT2D eigenvalue weighted by molar-refractivity contribution is 0.0695. The van der Waals surface area contributed by atoms with E-state index in [0.717, 1.165) is 0 Å². The summed E-state index contributed by atoms with van der Waals surface area (Å²) in [6.07, 6.45) is 1.28. The summed E-state index contributed by atoms with van der Waals surface area (Å²) in [5.74, 6) is -0.593. The summed E-state index contributed by atoms with van der Waals surface area (Å²) < 4.78 is 0. The predicted octanol–water partition coefficient (Wildman–Crippen LogP) is 0.912. The Labute approximate surface area is 99.7 Å². The first-order valence-corrected chi connectivity index (χ1v) is 5.40. The molecule has 2 unspecified atom stereocenters. The normalized spacial score (nSPS) is 14.1. The van der Waals surface area contributed by atoms with Gasteiger partial charge in [0.2, 0.25) is 5.95 Å². The molecule has 0 spiro atoms. The lowest BCUT2D eigenvalue weighted by atomic mass is 10.1. The van der Waals surface area contributed by atoms with Gasteiger partial charge in [-0.2, -0.15) is 0 Å². The molecule has 0 aliphatic carbocycles. The number of carboxylic acid groups (broad SMARTS) is 1. The van der Waals surface area contributed by atoms with Gasteiger partial charge in [0.1, 0.15) is 0 Å². The van der Waals surface area contributed by atoms with Crippen LogP contribution in [0.25, 0.3) is 0 Å². The fraction of sp³-hybridized carbons (Fsp3) is 0.545. The fourth-order valence-corrected chi connectivity index (χ4v) is 1.25. The monoisotopic (exact) mass is 239 g/mol.